The number of nitrogens with zero attached hydrogens (tertiary/aromatic N) is 2. The van der Waals surface area contributed by atoms with Crippen LogP contribution in [0.15, 0.2) is 0 Å². The van der Waals surface area contributed by atoms with Crippen LogP contribution < -0.4 is 0 Å². The molecule has 112 valence electrons. The van der Waals surface area contributed by atoms with Gasteiger partial charge in [-0.15, -0.1) is 23.5 Å². The molecule has 0 radical (unpaired) electrons. The predicted octanol–water partition coefficient (Wildman–Crippen LogP) is 1.50. The molecule has 2 unspecified atom stereocenters. The second kappa shape index (κ2) is 4.42. The minimum atomic E-state index is -1.01. The van der Waals surface area contributed by atoms with Crippen molar-refractivity contribution < 1.29 is 19.4 Å². The van der Waals surface area contributed by atoms with Gasteiger partial charge in [0.1, 0.15) is 10.6 Å². The lowest BCUT2D eigenvalue weighted by Gasteiger charge is -2.25. The molecule has 21 heavy (non-hydrogen) atoms. The van der Waals surface area contributed by atoms with Crippen LogP contribution in [0.3, 0.4) is 0 Å². The number of aromatic carboxylic acids is 1. The van der Waals surface area contributed by atoms with E-state index in [2.05, 4.69) is 5.10 Å². The first-order chi connectivity index (χ1) is 10.1. The SMILES string of the molecule is COC(=O)Cn1nc(C(=O)O)c2c1C1(SCCS1)C1CC21. The molecular weight excluding hydrogens is 312 g/mol. The van der Waals surface area contributed by atoms with Crippen LogP contribution in [0.1, 0.15) is 34.1 Å². The van der Waals surface area contributed by atoms with E-state index in [9.17, 15) is 14.7 Å². The fraction of sp³-hybridized carbons (Fsp3) is 0.615. The van der Waals surface area contributed by atoms with Crippen molar-refractivity contribution in [3.63, 3.8) is 0 Å². The number of methoxy groups -OCH3 is 1. The molecule has 1 saturated heterocycles. The molecular formula is C13H14N2O4S2. The quantitative estimate of drug-likeness (QED) is 0.843. The van der Waals surface area contributed by atoms with Crippen molar-refractivity contribution in [2.45, 2.75) is 23.0 Å². The number of carbonyl (C=O) groups is 2. The van der Waals surface area contributed by atoms with Gasteiger partial charge in [-0.05, 0) is 18.3 Å². The average molecular weight is 326 g/mol. The second-order valence-electron chi connectivity index (χ2n) is 5.46. The molecule has 2 heterocycles. The number of thioether (sulfide) groups is 2. The maximum absolute atomic E-state index is 11.6. The molecule has 0 bridgehead atoms. The molecule has 2 fully saturated rings. The van der Waals surface area contributed by atoms with Gasteiger partial charge in [-0.25, -0.2) is 4.79 Å². The fourth-order valence-electron chi connectivity index (χ4n) is 3.54. The first-order valence-corrected chi connectivity index (χ1v) is 8.75. The van der Waals surface area contributed by atoms with E-state index in [1.807, 2.05) is 23.5 Å². The fourth-order valence-corrected chi connectivity index (χ4v) is 7.30. The van der Waals surface area contributed by atoms with Gasteiger partial charge in [-0.3, -0.25) is 9.48 Å². The van der Waals surface area contributed by atoms with E-state index >= 15 is 0 Å². The van der Waals surface area contributed by atoms with Crippen molar-refractivity contribution in [3.05, 3.63) is 17.0 Å². The molecule has 2 aliphatic carbocycles. The van der Waals surface area contributed by atoms with E-state index < -0.39 is 11.9 Å². The van der Waals surface area contributed by atoms with Crippen LogP contribution in [0.5, 0.6) is 0 Å². The summed E-state index contributed by atoms with van der Waals surface area (Å²) in [6.45, 7) is -0.0194. The van der Waals surface area contributed by atoms with Crippen LogP contribution >= 0.6 is 23.5 Å². The number of carbonyl (C=O) groups excluding carboxylic acids is 1. The highest BCUT2D eigenvalue weighted by molar-refractivity contribution is 8.20. The smallest absolute Gasteiger partial charge is 0.356 e. The molecule has 0 aromatic carbocycles. The van der Waals surface area contributed by atoms with Crippen molar-refractivity contribution in [1.29, 1.82) is 0 Å². The maximum Gasteiger partial charge on any atom is 0.356 e. The summed E-state index contributed by atoms with van der Waals surface area (Å²) in [7, 11) is 1.33. The van der Waals surface area contributed by atoms with Gasteiger partial charge in [0.2, 0.25) is 0 Å². The first-order valence-electron chi connectivity index (χ1n) is 6.77. The number of rotatable bonds is 3. The summed E-state index contributed by atoms with van der Waals surface area (Å²) in [6.07, 6.45) is 1.04. The Morgan fingerprint density at radius 1 is 1.48 bits per heavy atom. The van der Waals surface area contributed by atoms with Crippen LogP contribution in [-0.4, -0.2) is 45.4 Å². The van der Waals surface area contributed by atoms with E-state index in [4.69, 9.17) is 4.74 Å². The Morgan fingerprint density at radius 2 is 2.19 bits per heavy atom. The Morgan fingerprint density at radius 3 is 2.81 bits per heavy atom. The highest BCUT2D eigenvalue weighted by Crippen LogP contribution is 2.75. The molecule has 1 aliphatic heterocycles. The van der Waals surface area contributed by atoms with Crippen molar-refractivity contribution in [2.75, 3.05) is 18.6 Å². The van der Waals surface area contributed by atoms with Gasteiger partial charge in [0.15, 0.2) is 5.69 Å². The summed E-state index contributed by atoms with van der Waals surface area (Å²) in [5.74, 6) is 1.49. The Hall–Kier alpha value is -1.15. The van der Waals surface area contributed by atoms with Gasteiger partial charge in [-0.1, -0.05) is 0 Å². The maximum atomic E-state index is 11.6. The van der Waals surface area contributed by atoms with E-state index in [1.54, 1.807) is 4.68 Å². The van der Waals surface area contributed by atoms with Crippen LogP contribution in [0.25, 0.3) is 0 Å². The molecule has 1 aromatic heterocycles. The molecule has 8 heteroatoms. The summed E-state index contributed by atoms with van der Waals surface area (Å²) in [6, 6.07) is 0. The monoisotopic (exact) mass is 326 g/mol. The highest BCUT2D eigenvalue weighted by Gasteiger charge is 2.66. The number of esters is 1. The normalized spacial score (nSPS) is 27.5. The van der Waals surface area contributed by atoms with Gasteiger partial charge in [-0.2, -0.15) is 5.10 Å². The van der Waals surface area contributed by atoms with E-state index in [1.165, 1.54) is 7.11 Å². The lowest BCUT2D eigenvalue weighted by molar-refractivity contribution is -0.141. The van der Waals surface area contributed by atoms with E-state index in [0.29, 0.717) is 11.8 Å². The van der Waals surface area contributed by atoms with E-state index in [-0.39, 0.29) is 16.3 Å². The lowest BCUT2D eigenvalue weighted by Crippen LogP contribution is -2.24. The van der Waals surface area contributed by atoms with E-state index in [0.717, 1.165) is 29.2 Å². The number of carboxylic acid groups (broad SMARTS) is 1. The van der Waals surface area contributed by atoms with Crippen LogP contribution in [0.2, 0.25) is 0 Å². The Bertz CT molecular complexity index is 651. The predicted molar refractivity (Wildman–Crippen MR) is 78.6 cm³/mol. The van der Waals surface area contributed by atoms with Gasteiger partial charge < -0.3 is 9.84 Å². The largest absolute Gasteiger partial charge is 0.476 e. The third kappa shape index (κ3) is 1.72. The summed E-state index contributed by atoms with van der Waals surface area (Å²) in [5.41, 5.74) is 1.92. The number of aromatic nitrogens is 2. The zero-order valence-electron chi connectivity index (χ0n) is 11.4. The van der Waals surface area contributed by atoms with Gasteiger partial charge in [0.05, 0.1) is 12.8 Å². The van der Waals surface area contributed by atoms with Crippen LogP contribution in [-0.2, 0) is 20.2 Å². The Labute approximate surface area is 129 Å². The first kappa shape index (κ1) is 13.5. The minimum absolute atomic E-state index is 0.0194. The van der Waals surface area contributed by atoms with Gasteiger partial charge >= 0.3 is 11.9 Å². The third-order valence-electron chi connectivity index (χ3n) is 4.39. The molecule has 1 N–H and O–H groups in total. The molecule has 6 nitrogen and oxygen atoms in total. The Kier molecular flexibility index (Phi) is 2.85. The summed E-state index contributed by atoms with van der Waals surface area (Å²) < 4.78 is 6.18. The number of hydrogen-bond donors (Lipinski definition) is 1. The highest BCUT2D eigenvalue weighted by atomic mass is 32.2. The van der Waals surface area contributed by atoms with Gasteiger partial charge in [0.25, 0.3) is 0 Å². The molecule has 0 amide bonds. The summed E-state index contributed by atoms with van der Waals surface area (Å²) >= 11 is 3.75. The molecule has 4 rings (SSSR count). The van der Waals surface area contributed by atoms with Crippen LogP contribution in [0, 0.1) is 5.92 Å². The van der Waals surface area contributed by atoms with Crippen molar-refractivity contribution in [3.8, 4) is 0 Å². The number of hydrogen-bond acceptors (Lipinski definition) is 6. The number of fused-ring (bicyclic) bond motifs is 5. The standard InChI is InChI=1S/C13H14N2O4S2/c1-19-8(16)5-15-11-9(10(14-15)12(17)18)6-4-7(6)13(11)20-2-3-21-13/h6-7H,2-5H2,1H3,(H,17,18). The van der Waals surface area contributed by atoms with Gasteiger partial charge in [0, 0.05) is 17.1 Å². The summed E-state index contributed by atoms with van der Waals surface area (Å²) in [5, 5.41) is 13.6. The average Bonchev–Trinajstić information content (AvgIpc) is 2.85. The number of ether oxygens (including phenoxy) is 1. The molecule has 1 spiro atoms. The molecule has 2 atom stereocenters. The lowest BCUT2D eigenvalue weighted by atomic mass is 10.1. The zero-order valence-corrected chi connectivity index (χ0v) is 13.0. The minimum Gasteiger partial charge on any atom is -0.476 e. The van der Waals surface area contributed by atoms with Crippen molar-refractivity contribution >= 4 is 35.5 Å². The van der Waals surface area contributed by atoms with Crippen molar-refractivity contribution in [1.82, 2.24) is 9.78 Å². The van der Waals surface area contributed by atoms with Crippen LogP contribution in [0.4, 0.5) is 0 Å². The molecule has 1 aromatic rings. The molecule has 3 aliphatic rings. The number of carboxylic acids is 1. The van der Waals surface area contributed by atoms with Crippen molar-refractivity contribution in [2.24, 2.45) is 5.92 Å². The zero-order chi connectivity index (χ0) is 14.8. The Balaban J connectivity index is 1.87. The molecule has 1 saturated carbocycles. The third-order valence-corrected chi connectivity index (χ3v) is 8.03. The second-order valence-corrected chi connectivity index (χ2v) is 8.40. The summed E-state index contributed by atoms with van der Waals surface area (Å²) in [4.78, 5) is 23.1. The topological polar surface area (TPSA) is 81.4 Å².